The molecule has 0 aliphatic carbocycles. The van der Waals surface area contributed by atoms with Crippen molar-refractivity contribution in [1.29, 1.82) is 0 Å². The highest BCUT2D eigenvalue weighted by atomic mass is 16.6. The maximum Gasteiger partial charge on any atom is 0.397 e. The maximum absolute atomic E-state index is 11.4. The predicted octanol–water partition coefficient (Wildman–Crippen LogP) is 2.32. The number of ether oxygens (including phenoxy) is 1. The third kappa shape index (κ3) is 2.27. The van der Waals surface area contributed by atoms with Gasteiger partial charge in [0.25, 0.3) is 0 Å². The summed E-state index contributed by atoms with van der Waals surface area (Å²) >= 11 is 0. The van der Waals surface area contributed by atoms with Gasteiger partial charge in [0.2, 0.25) is 0 Å². The van der Waals surface area contributed by atoms with Crippen molar-refractivity contribution in [2.75, 3.05) is 6.61 Å². The number of esters is 1. The van der Waals surface area contributed by atoms with Gasteiger partial charge in [0.05, 0.1) is 6.61 Å². The van der Waals surface area contributed by atoms with Gasteiger partial charge in [-0.05, 0) is 18.6 Å². The molecule has 0 amide bonds. The van der Waals surface area contributed by atoms with Gasteiger partial charge in [-0.25, -0.2) is 4.79 Å². The first-order chi connectivity index (χ1) is 9.78. The number of hydrogen-bond acceptors (Lipinski definition) is 5. The van der Waals surface area contributed by atoms with E-state index in [1.807, 2.05) is 30.5 Å². The third-order valence-corrected chi connectivity index (χ3v) is 2.94. The van der Waals surface area contributed by atoms with Crippen LogP contribution in [0.5, 0.6) is 0 Å². The minimum Gasteiger partial charge on any atom is -0.459 e. The second kappa shape index (κ2) is 5.16. The van der Waals surface area contributed by atoms with E-state index >= 15 is 0 Å². The van der Waals surface area contributed by atoms with Crippen LogP contribution in [0.3, 0.4) is 0 Å². The highest BCUT2D eigenvalue weighted by molar-refractivity contribution is 5.84. The molecule has 6 nitrogen and oxygen atoms in total. The Balaban J connectivity index is 1.83. The SMILES string of the molecule is CCOC(=O)c1nc(Cc2c[nH]c3ccccc23)no1. The van der Waals surface area contributed by atoms with Crippen molar-refractivity contribution in [3.8, 4) is 0 Å². The highest BCUT2D eigenvalue weighted by Crippen LogP contribution is 2.19. The monoisotopic (exact) mass is 271 g/mol. The second-order valence-corrected chi connectivity index (χ2v) is 4.27. The highest BCUT2D eigenvalue weighted by Gasteiger charge is 2.17. The van der Waals surface area contributed by atoms with Crippen LogP contribution >= 0.6 is 0 Å². The molecule has 0 spiro atoms. The quantitative estimate of drug-likeness (QED) is 0.736. The summed E-state index contributed by atoms with van der Waals surface area (Å²) in [6.07, 6.45) is 2.40. The average Bonchev–Trinajstić information content (AvgIpc) is 3.08. The number of carbonyl (C=O) groups is 1. The first-order valence-electron chi connectivity index (χ1n) is 6.32. The average molecular weight is 271 g/mol. The van der Waals surface area contributed by atoms with E-state index < -0.39 is 5.97 Å². The van der Waals surface area contributed by atoms with Crippen molar-refractivity contribution in [1.82, 2.24) is 15.1 Å². The van der Waals surface area contributed by atoms with Gasteiger partial charge in [-0.15, -0.1) is 0 Å². The van der Waals surface area contributed by atoms with Crippen LogP contribution in [0.4, 0.5) is 0 Å². The van der Waals surface area contributed by atoms with Crippen LogP contribution < -0.4 is 0 Å². The predicted molar refractivity (Wildman–Crippen MR) is 71.4 cm³/mol. The number of aromatic nitrogens is 3. The summed E-state index contributed by atoms with van der Waals surface area (Å²) in [7, 11) is 0. The fourth-order valence-corrected chi connectivity index (χ4v) is 2.05. The topological polar surface area (TPSA) is 81.0 Å². The van der Waals surface area contributed by atoms with Crippen LogP contribution in [-0.2, 0) is 11.2 Å². The van der Waals surface area contributed by atoms with Crippen molar-refractivity contribution in [3.05, 3.63) is 47.7 Å². The van der Waals surface area contributed by atoms with Gasteiger partial charge in [-0.2, -0.15) is 4.98 Å². The molecule has 0 aliphatic heterocycles. The number of nitrogens with one attached hydrogen (secondary N) is 1. The lowest BCUT2D eigenvalue weighted by molar-refractivity contribution is 0.0470. The van der Waals surface area contributed by atoms with Gasteiger partial charge in [0.1, 0.15) is 0 Å². The van der Waals surface area contributed by atoms with E-state index in [0.29, 0.717) is 12.2 Å². The fourth-order valence-electron chi connectivity index (χ4n) is 2.05. The van der Waals surface area contributed by atoms with Gasteiger partial charge in [0, 0.05) is 23.5 Å². The van der Waals surface area contributed by atoms with Crippen molar-refractivity contribution in [3.63, 3.8) is 0 Å². The number of hydrogen-bond donors (Lipinski definition) is 1. The number of carbonyl (C=O) groups excluding carboxylic acids is 1. The number of H-pyrrole nitrogens is 1. The molecule has 0 saturated heterocycles. The zero-order chi connectivity index (χ0) is 13.9. The van der Waals surface area contributed by atoms with E-state index in [0.717, 1.165) is 16.5 Å². The Hall–Kier alpha value is -2.63. The van der Waals surface area contributed by atoms with Crippen LogP contribution in [0.15, 0.2) is 35.0 Å². The molecule has 0 bridgehead atoms. The second-order valence-electron chi connectivity index (χ2n) is 4.27. The fraction of sp³-hybridized carbons (Fsp3) is 0.214. The van der Waals surface area contributed by atoms with Crippen LogP contribution in [-0.4, -0.2) is 27.7 Å². The first-order valence-corrected chi connectivity index (χ1v) is 6.32. The number of aromatic amines is 1. The Morgan fingerprint density at radius 3 is 3.10 bits per heavy atom. The number of rotatable bonds is 4. The Morgan fingerprint density at radius 1 is 1.40 bits per heavy atom. The third-order valence-electron chi connectivity index (χ3n) is 2.94. The molecule has 20 heavy (non-hydrogen) atoms. The Bertz CT molecular complexity index is 745. The molecule has 3 aromatic rings. The van der Waals surface area contributed by atoms with Crippen LogP contribution in [0, 0.1) is 0 Å². The largest absolute Gasteiger partial charge is 0.459 e. The normalized spacial score (nSPS) is 10.8. The van der Waals surface area contributed by atoms with Crippen molar-refractivity contribution < 1.29 is 14.1 Å². The minimum absolute atomic E-state index is 0.110. The summed E-state index contributed by atoms with van der Waals surface area (Å²) in [6, 6.07) is 7.96. The van der Waals surface area contributed by atoms with E-state index in [2.05, 4.69) is 15.1 Å². The summed E-state index contributed by atoms with van der Waals surface area (Å²) in [5.74, 6) is -0.246. The molecule has 102 valence electrons. The lowest BCUT2D eigenvalue weighted by Crippen LogP contribution is -2.05. The number of para-hydroxylation sites is 1. The summed E-state index contributed by atoms with van der Waals surface area (Å²) in [5, 5.41) is 4.91. The summed E-state index contributed by atoms with van der Waals surface area (Å²) < 4.78 is 9.70. The minimum atomic E-state index is -0.592. The molecular formula is C14H13N3O3. The zero-order valence-electron chi connectivity index (χ0n) is 10.9. The summed E-state index contributed by atoms with van der Waals surface area (Å²) in [5.41, 5.74) is 2.11. The molecule has 0 fully saturated rings. The molecular weight excluding hydrogens is 258 g/mol. The molecule has 0 radical (unpaired) electrons. The van der Waals surface area contributed by atoms with E-state index in [4.69, 9.17) is 9.26 Å². The molecule has 0 aliphatic rings. The van der Waals surface area contributed by atoms with Crippen molar-refractivity contribution >= 4 is 16.9 Å². The van der Waals surface area contributed by atoms with Gasteiger partial charge < -0.3 is 14.2 Å². The van der Waals surface area contributed by atoms with Gasteiger partial charge >= 0.3 is 11.9 Å². The van der Waals surface area contributed by atoms with Crippen LogP contribution in [0.25, 0.3) is 10.9 Å². The lowest BCUT2D eigenvalue weighted by Gasteiger charge is -1.94. The van der Waals surface area contributed by atoms with Gasteiger partial charge in [0.15, 0.2) is 5.82 Å². The molecule has 3 rings (SSSR count). The lowest BCUT2D eigenvalue weighted by atomic mass is 10.1. The number of benzene rings is 1. The molecule has 0 atom stereocenters. The van der Waals surface area contributed by atoms with Gasteiger partial charge in [-0.1, -0.05) is 23.4 Å². The van der Waals surface area contributed by atoms with E-state index in [1.165, 1.54) is 0 Å². The van der Waals surface area contributed by atoms with Crippen LogP contribution in [0.2, 0.25) is 0 Å². The molecule has 2 heterocycles. The maximum atomic E-state index is 11.4. The Morgan fingerprint density at radius 2 is 2.25 bits per heavy atom. The molecule has 6 heteroatoms. The van der Waals surface area contributed by atoms with Crippen molar-refractivity contribution in [2.24, 2.45) is 0 Å². The van der Waals surface area contributed by atoms with Crippen molar-refractivity contribution in [2.45, 2.75) is 13.3 Å². The van der Waals surface area contributed by atoms with E-state index in [1.54, 1.807) is 6.92 Å². The van der Waals surface area contributed by atoms with E-state index in [-0.39, 0.29) is 12.5 Å². The number of fused-ring (bicyclic) bond motifs is 1. The molecule has 1 N–H and O–H groups in total. The summed E-state index contributed by atoms with van der Waals surface area (Å²) in [6.45, 7) is 2.00. The smallest absolute Gasteiger partial charge is 0.397 e. The molecule has 0 saturated carbocycles. The molecule has 0 unspecified atom stereocenters. The molecule has 1 aromatic carbocycles. The first kappa shape index (κ1) is 12.4. The Labute approximate surface area is 114 Å². The number of nitrogens with zero attached hydrogens (tertiary/aromatic N) is 2. The van der Waals surface area contributed by atoms with Crippen LogP contribution in [0.1, 0.15) is 29.0 Å². The van der Waals surface area contributed by atoms with Gasteiger partial charge in [-0.3, -0.25) is 0 Å². The zero-order valence-corrected chi connectivity index (χ0v) is 10.9. The van der Waals surface area contributed by atoms with E-state index in [9.17, 15) is 4.79 Å². The Kier molecular flexibility index (Phi) is 3.20. The standard InChI is InChI=1S/C14H13N3O3/c1-2-19-14(18)13-16-12(17-20-13)7-9-8-15-11-6-4-3-5-10(9)11/h3-6,8,15H,2,7H2,1H3. The summed E-state index contributed by atoms with van der Waals surface area (Å²) in [4.78, 5) is 18.7. The molecule has 2 aromatic heterocycles.